The number of aliphatic hydroxyl groups is 1. The zero-order valence-corrected chi connectivity index (χ0v) is 16.0. The first-order valence-corrected chi connectivity index (χ1v) is 2.99. The fourth-order valence-corrected chi connectivity index (χ4v) is 0.149. The summed E-state index contributed by atoms with van der Waals surface area (Å²) in [5.74, 6) is 0.507. The summed E-state index contributed by atoms with van der Waals surface area (Å²) in [6.45, 7) is 9.46. The van der Waals surface area contributed by atoms with E-state index in [1.807, 2.05) is 13.8 Å². The summed E-state index contributed by atoms with van der Waals surface area (Å²) in [6, 6.07) is 0. The van der Waals surface area contributed by atoms with Crippen molar-refractivity contribution in [2.45, 2.75) is 27.7 Å². The molecule has 0 fully saturated rings. The minimum Gasteiger partial charge on any atom is -0.565 e. The van der Waals surface area contributed by atoms with Crippen LogP contribution in [-0.4, -0.2) is 5.11 Å². The van der Waals surface area contributed by atoms with Gasteiger partial charge in [-0.15, -0.1) is 5.41 Å². The maximum atomic E-state index is 8.64. The third kappa shape index (κ3) is 10.6. The van der Waals surface area contributed by atoms with Gasteiger partial charge in [-0.05, 0) is 0 Å². The molecule has 0 rings (SSSR count). The summed E-state index contributed by atoms with van der Waals surface area (Å²) >= 11 is 0. The van der Waals surface area contributed by atoms with Gasteiger partial charge in [-0.2, -0.15) is 0 Å². The summed E-state index contributed by atoms with van der Waals surface area (Å²) in [4.78, 5) is 0. The molecule has 0 saturated carbocycles. The average Bonchev–Trinajstić information content (AvgIpc) is 1.67. The van der Waals surface area contributed by atoms with Crippen LogP contribution in [0.3, 0.4) is 0 Å². The second-order valence-corrected chi connectivity index (χ2v) is 3.11. The zero-order valence-electron chi connectivity index (χ0n) is 7.63. The Bertz CT molecular complexity index is 78.8. The Balaban J connectivity index is -0.0000000817. The van der Waals surface area contributed by atoms with Crippen LogP contribution < -0.4 is 0 Å². The van der Waals surface area contributed by atoms with E-state index in [0.717, 1.165) is 0 Å². The van der Waals surface area contributed by atoms with Gasteiger partial charge in [0.1, 0.15) is 0 Å². The molecule has 1 N–H and O–H groups in total. The van der Waals surface area contributed by atoms with Crippen molar-refractivity contribution in [3.63, 3.8) is 0 Å². The van der Waals surface area contributed by atoms with Gasteiger partial charge in [-0.3, -0.25) is 0 Å². The van der Waals surface area contributed by atoms with Crippen molar-refractivity contribution in [2.75, 3.05) is 0 Å². The predicted molar refractivity (Wildman–Crippen MR) is 34.9 cm³/mol. The van der Waals surface area contributed by atoms with Crippen LogP contribution in [0.2, 0.25) is 0 Å². The van der Waals surface area contributed by atoms with Crippen molar-refractivity contribution in [2.24, 2.45) is 11.3 Å². The summed E-state index contributed by atoms with van der Waals surface area (Å²) in [6.07, 6.45) is 0. The molecule has 11 heavy (non-hydrogen) atoms. The van der Waals surface area contributed by atoms with Crippen molar-refractivity contribution in [1.82, 2.24) is 0 Å². The fraction of sp³-hybridized carbons (Fsp3) is 0.857. The van der Waals surface area contributed by atoms with E-state index in [-0.39, 0.29) is 87.8 Å². The Kier molecular flexibility index (Phi) is 23.0. The normalized spacial score (nSPS) is 9.27. The molecule has 4 heteroatoms. The van der Waals surface area contributed by atoms with E-state index in [2.05, 4.69) is 13.8 Å². The molecule has 0 bridgehead atoms. The maximum Gasteiger partial charge on any atom is 0 e. The molecule has 0 amide bonds. The molecule has 1 nitrogen and oxygen atoms in total. The Morgan fingerprint density at radius 3 is 1.55 bits per heavy atom. The smallest absolute Gasteiger partial charge is 0 e. The van der Waals surface area contributed by atoms with E-state index in [0.29, 0.717) is 5.92 Å². The topological polar surface area (TPSA) is 20.2 Å². The van der Waals surface area contributed by atoms with Crippen LogP contribution in [0.4, 0.5) is 0 Å². The van der Waals surface area contributed by atoms with Gasteiger partial charge in [0.25, 0.3) is 0 Å². The van der Waals surface area contributed by atoms with Crippen LogP contribution >= 0.6 is 0 Å². The van der Waals surface area contributed by atoms with Gasteiger partial charge in [-0.25, -0.2) is 6.61 Å². The van der Waals surface area contributed by atoms with Gasteiger partial charge < -0.3 is 5.11 Å². The van der Waals surface area contributed by atoms with Crippen LogP contribution in [-0.2, 0) is 51.3 Å². The molecular formula is C7H15OUVY-. The van der Waals surface area contributed by atoms with Crippen LogP contribution in [0.5, 0.6) is 0 Å². The SMILES string of the molecule is CC(C)C(C)(C)[CH-]O.[U].[V].[Y]. The molecule has 0 aromatic heterocycles. The van der Waals surface area contributed by atoms with E-state index in [1.54, 1.807) is 0 Å². The molecule has 0 aliphatic heterocycles. The van der Waals surface area contributed by atoms with Crippen molar-refractivity contribution in [3.05, 3.63) is 6.61 Å². The van der Waals surface area contributed by atoms with Crippen molar-refractivity contribution in [1.29, 1.82) is 0 Å². The van der Waals surface area contributed by atoms with Crippen LogP contribution in [0.15, 0.2) is 0 Å². The molecule has 0 spiro atoms. The van der Waals surface area contributed by atoms with Crippen LogP contribution in [0.1, 0.15) is 27.7 Å². The van der Waals surface area contributed by atoms with E-state index < -0.39 is 0 Å². The molecule has 0 saturated heterocycles. The quantitative estimate of drug-likeness (QED) is 0.586. The molecule has 0 heterocycles. The Morgan fingerprint density at radius 1 is 1.27 bits per heavy atom. The number of rotatable bonds is 2. The average molecular weight is 493 g/mol. The van der Waals surface area contributed by atoms with Crippen molar-refractivity contribution >= 4 is 0 Å². The first kappa shape index (κ1) is 23.5. The summed E-state index contributed by atoms with van der Waals surface area (Å²) in [7, 11) is 0. The predicted octanol–water partition coefficient (Wildman–Crippen LogP) is 2.20. The van der Waals surface area contributed by atoms with E-state index in [4.69, 9.17) is 5.11 Å². The zero-order chi connectivity index (χ0) is 6.78. The number of aliphatic hydroxyl groups excluding tert-OH is 1. The first-order valence-electron chi connectivity index (χ1n) is 2.99. The first-order chi connectivity index (χ1) is 3.50. The van der Waals surface area contributed by atoms with Crippen LogP contribution in [0, 0.1) is 49.1 Å². The van der Waals surface area contributed by atoms with E-state index in [1.165, 1.54) is 6.61 Å². The third-order valence-corrected chi connectivity index (χ3v) is 1.82. The minimum absolute atomic E-state index is 0. The van der Waals surface area contributed by atoms with Gasteiger partial charge >= 0.3 is 0 Å². The third-order valence-electron chi connectivity index (χ3n) is 1.82. The molecule has 0 aliphatic carbocycles. The summed E-state index contributed by atoms with van der Waals surface area (Å²) in [5.41, 5.74) is -0.0278. The molecular weight excluding hydrogens is 478 g/mol. The second kappa shape index (κ2) is 10.8. The molecule has 0 aliphatic rings. The maximum absolute atomic E-state index is 8.64. The Hall–Kier alpha value is 2.70. The molecule has 0 aromatic rings. The van der Waals surface area contributed by atoms with Gasteiger partial charge in [0.05, 0.1) is 0 Å². The van der Waals surface area contributed by atoms with E-state index in [9.17, 15) is 0 Å². The largest absolute Gasteiger partial charge is 0.565 e. The van der Waals surface area contributed by atoms with Gasteiger partial charge in [0.2, 0.25) is 0 Å². The molecule has 0 atom stereocenters. The van der Waals surface area contributed by atoms with E-state index >= 15 is 0 Å². The second-order valence-electron chi connectivity index (χ2n) is 3.11. The van der Waals surface area contributed by atoms with Crippen molar-refractivity contribution < 1.29 is 87.5 Å². The Morgan fingerprint density at radius 2 is 1.55 bits per heavy atom. The fourth-order valence-electron chi connectivity index (χ4n) is 0.149. The van der Waals surface area contributed by atoms with Crippen molar-refractivity contribution in [3.8, 4) is 0 Å². The summed E-state index contributed by atoms with van der Waals surface area (Å²) < 4.78 is 0. The summed E-state index contributed by atoms with van der Waals surface area (Å²) in [5, 5.41) is 8.64. The van der Waals surface area contributed by atoms with Gasteiger partial charge in [0.15, 0.2) is 0 Å². The van der Waals surface area contributed by atoms with Gasteiger partial charge in [-0.1, -0.05) is 33.6 Å². The standard InChI is InChI=1S/C7H15O.U.V.Y/c1-6(2)7(3,4)5-8;;;/h5-6,8H,1-4H3;;;/q-1;;;. The minimum atomic E-state index is -0.0278. The number of hydrogen-bond donors (Lipinski definition) is 1. The number of hydrogen-bond acceptors (Lipinski definition) is 1. The molecule has 2 radical (unpaired) electrons. The molecule has 0 unspecified atom stereocenters. The molecule has 0 aromatic carbocycles. The molecule has 62 valence electrons. The van der Waals surface area contributed by atoms with Crippen LogP contribution in [0.25, 0.3) is 0 Å². The Labute approximate surface area is 131 Å². The monoisotopic (exact) mass is 493 g/mol. The van der Waals surface area contributed by atoms with Gasteiger partial charge in [0, 0.05) is 82.4 Å².